The van der Waals surface area contributed by atoms with Crippen molar-refractivity contribution in [3.05, 3.63) is 34.9 Å². The molecule has 2 saturated carbocycles. The summed E-state index contributed by atoms with van der Waals surface area (Å²) in [6.45, 7) is 4.90. The Labute approximate surface area is 115 Å². The lowest BCUT2D eigenvalue weighted by Crippen LogP contribution is -2.33. The van der Waals surface area contributed by atoms with E-state index in [1.54, 1.807) is 0 Å². The smallest absolute Gasteiger partial charge is 0.223 e. The van der Waals surface area contributed by atoms with Gasteiger partial charge < -0.3 is 5.32 Å². The molecule has 1 aromatic carbocycles. The van der Waals surface area contributed by atoms with Crippen LogP contribution in [0.1, 0.15) is 42.4 Å². The number of rotatable bonds is 3. The number of fused-ring (bicyclic) bond motifs is 2. The van der Waals surface area contributed by atoms with Crippen LogP contribution in [0.3, 0.4) is 0 Å². The van der Waals surface area contributed by atoms with Gasteiger partial charge in [0.2, 0.25) is 5.91 Å². The maximum Gasteiger partial charge on any atom is 0.223 e. The van der Waals surface area contributed by atoms with Gasteiger partial charge in [-0.05, 0) is 56.1 Å². The lowest BCUT2D eigenvalue weighted by molar-refractivity contribution is -0.126. The van der Waals surface area contributed by atoms with Crippen LogP contribution in [0.25, 0.3) is 0 Å². The maximum atomic E-state index is 12.3. The zero-order valence-corrected chi connectivity index (χ0v) is 11.9. The summed E-state index contributed by atoms with van der Waals surface area (Å²) in [5, 5.41) is 3.15. The largest absolute Gasteiger partial charge is 0.352 e. The van der Waals surface area contributed by atoms with Crippen molar-refractivity contribution >= 4 is 5.91 Å². The van der Waals surface area contributed by atoms with Crippen molar-refractivity contribution in [1.82, 2.24) is 5.32 Å². The Hall–Kier alpha value is -1.31. The lowest BCUT2D eigenvalue weighted by Gasteiger charge is -2.21. The third-order valence-electron chi connectivity index (χ3n) is 5.03. The van der Waals surface area contributed by atoms with Gasteiger partial charge in [-0.15, -0.1) is 0 Å². The van der Waals surface area contributed by atoms with E-state index < -0.39 is 0 Å². The normalized spacial score (nSPS) is 28.6. The molecule has 2 heteroatoms. The van der Waals surface area contributed by atoms with Crippen molar-refractivity contribution in [2.24, 2.45) is 17.8 Å². The van der Waals surface area contributed by atoms with Gasteiger partial charge in [-0.2, -0.15) is 0 Å². The Bertz CT molecular complexity index is 494. The maximum absolute atomic E-state index is 12.3. The molecule has 0 aromatic heterocycles. The van der Waals surface area contributed by atoms with E-state index in [0.717, 1.165) is 12.3 Å². The fraction of sp³-hybridized carbons (Fsp3) is 0.588. The number of hydrogen-bond acceptors (Lipinski definition) is 1. The van der Waals surface area contributed by atoms with E-state index in [0.29, 0.717) is 18.4 Å². The van der Waals surface area contributed by atoms with Crippen LogP contribution < -0.4 is 5.32 Å². The van der Waals surface area contributed by atoms with Gasteiger partial charge in [-0.25, -0.2) is 0 Å². The van der Waals surface area contributed by atoms with E-state index >= 15 is 0 Å². The van der Waals surface area contributed by atoms with E-state index in [-0.39, 0.29) is 5.91 Å². The first-order valence-electron chi connectivity index (χ1n) is 7.47. The van der Waals surface area contributed by atoms with E-state index in [9.17, 15) is 4.79 Å². The molecule has 0 spiro atoms. The van der Waals surface area contributed by atoms with Crippen LogP contribution >= 0.6 is 0 Å². The highest BCUT2D eigenvalue weighted by atomic mass is 16.1. The van der Waals surface area contributed by atoms with Crippen LogP contribution in [0.4, 0.5) is 0 Å². The zero-order chi connectivity index (χ0) is 13.4. The third-order valence-corrected chi connectivity index (χ3v) is 5.03. The quantitative estimate of drug-likeness (QED) is 0.884. The van der Waals surface area contributed by atoms with Crippen molar-refractivity contribution in [2.75, 3.05) is 0 Å². The number of aryl methyl sites for hydroxylation is 2. The second-order valence-electron chi connectivity index (χ2n) is 6.43. The van der Waals surface area contributed by atoms with Crippen LogP contribution in [0, 0.1) is 31.6 Å². The van der Waals surface area contributed by atoms with Gasteiger partial charge in [0.1, 0.15) is 0 Å². The third kappa shape index (κ3) is 2.54. The summed E-state index contributed by atoms with van der Waals surface area (Å²) in [6, 6.07) is 6.43. The van der Waals surface area contributed by atoms with Crippen molar-refractivity contribution in [1.29, 1.82) is 0 Å². The van der Waals surface area contributed by atoms with Crippen molar-refractivity contribution < 1.29 is 4.79 Å². The number of benzene rings is 1. The molecule has 0 saturated heterocycles. The molecule has 2 nitrogen and oxygen atoms in total. The molecule has 3 rings (SSSR count). The predicted octanol–water partition coefficient (Wildman–Crippen LogP) is 3.36. The molecule has 1 N–H and O–H groups in total. The predicted molar refractivity (Wildman–Crippen MR) is 76.7 cm³/mol. The SMILES string of the molecule is Cc1ccc(CNC(=O)C2CC3CCC2C3)c(C)c1. The van der Waals surface area contributed by atoms with Crippen LogP contribution in [-0.2, 0) is 11.3 Å². The minimum Gasteiger partial charge on any atom is -0.352 e. The summed E-state index contributed by atoms with van der Waals surface area (Å²) in [4.78, 5) is 12.3. The lowest BCUT2D eigenvalue weighted by atomic mass is 9.88. The van der Waals surface area contributed by atoms with Gasteiger partial charge in [0.25, 0.3) is 0 Å². The second kappa shape index (κ2) is 4.99. The average Bonchev–Trinajstić information content (AvgIpc) is 2.99. The first-order valence-corrected chi connectivity index (χ1v) is 7.47. The summed E-state index contributed by atoms with van der Waals surface area (Å²) < 4.78 is 0. The molecule has 0 radical (unpaired) electrons. The zero-order valence-electron chi connectivity index (χ0n) is 11.9. The minimum atomic E-state index is 0.284. The van der Waals surface area contributed by atoms with Gasteiger partial charge >= 0.3 is 0 Å². The molecule has 3 unspecified atom stereocenters. The van der Waals surface area contributed by atoms with Crippen LogP contribution in [0.2, 0.25) is 0 Å². The van der Waals surface area contributed by atoms with Gasteiger partial charge in [-0.3, -0.25) is 4.79 Å². The Morgan fingerprint density at radius 2 is 2.11 bits per heavy atom. The standard InChI is InChI=1S/C17H23NO/c1-11-3-5-15(12(2)7-11)10-18-17(19)16-9-13-4-6-14(16)8-13/h3,5,7,13-14,16H,4,6,8-10H2,1-2H3,(H,18,19). The number of amides is 1. The first kappa shape index (κ1) is 12.7. The molecule has 3 atom stereocenters. The highest BCUT2D eigenvalue weighted by molar-refractivity contribution is 5.79. The summed E-state index contributed by atoms with van der Waals surface area (Å²) in [6.07, 6.45) is 5.04. The number of hydrogen-bond donors (Lipinski definition) is 1. The number of carbonyl (C=O) groups is 1. The van der Waals surface area contributed by atoms with Crippen molar-refractivity contribution in [3.8, 4) is 0 Å². The summed E-state index contributed by atoms with van der Waals surface area (Å²) in [5.74, 6) is 2.09. The molecule has 2 aliphatic rings. The first-order chi connectivity index (χ1) is 9.13. The second-order valence-corrected chi connectivity index (χ2v) is 6.43. The van der Waals surface area contributed by atoms with E-state index in [4.69, 9.17) is 0 Å². The van der Waals surface area contributed by atoms with Gasteiger partial charge in [0.15, 0.2) is 0 Å². The fourth-order valence-corrected chi connectivity index (χ4v) is 3.92. The Morgan fingerprint density at radius 3 is 2.74 bits per heavy atom. The van der Waals surface area contributed by atoms with E-state index in [2.05, 4.69) is 37.4 Å². The average molecular weight is 257 g/mol. The molecule has 0 heterocycles. The molecule has 2 fully saturated rings. The fourth-order valence-electron chi connectivity index (χ4n) is 3.92. The summed E-state index contributed by atoms with van der Waals surface area (Å²) in [5.41, 5.74) is 3.79. The molecule has 102 valence electrons. The van der Waals surface area contributed by atoms with E-state index in [1.807, 2.05) is 0 Å². The summed E-state index contributed by atoms with van der Waals surface area (Å²) in [7, 11) is 0. The summed E-state index contributed by atoms with van der Waals surface area (Å²) >= 11 is 0. The number of carbonyl (C=O) groups excluding carboxylic acids is 1. The van der Waals surface area contributed by atoms with Gasteiger partial charge in [-0.1, -0.05) is 30.2 Å². The molecular weight excluding hydrogens is 234 g/mol. The highest BCUT2D eigenvalue weighted by Gasteiger charge is 2.42. The van der Waals surface area contributed by atoms with Crippen molar-refractivity contribution in [2.45, 2.75) is 46.1 Å². The molecule has 2 aliphatic carbocycles. The van der Waals surface area contributed by atoms with Crippen LogP contribution in [0.15, 0.2) is 18.2 Å². The van der Waals surface area contributed by atoms with Gasteiger partial charge in [0, 0.05) is 12.5 Å². The highest BCUT2D eigenvalue weighted by Crippen LogP contribution is 2.48. The minimum absolute atomic E-state index is 0.284. The molecule has 1 amide bonds. The van der Waals surface area contributed by atoms with Crippen LogP contribution in [-0.4, -0.2) is 5.91 Å². The molecule has 19 heavy (non-hydrogen) atoms. The Kier molecular flexibility index (Phi) is 3.34. The molecule has 2 bridgehead atoms. The monoisotopic (exact) mass is 257 g/mol. The van der Waals surface area contributed by atoms with Crippen LogP contribution in [0.5, 0.6) is 0 Å². The van der Waals surface area contributed by atoms with Crippen molar-refractivity contribution in [3.63, 3.8) is 0 Å². The molecular formula is C17H23NO. The van der Waals surface area contributed by atoms with Gasteiger partial charge in [0.05, 0.1) is 0 Å². The molecule has 1 aromatic rings. The molecule has 0 aliphatic heterocycles. The van der Waals surface area contributed by atoms with E-state index in [1.165, 1.54) is 36.0 Å². The Morgan fingerprint density at radius 1 is 1.26 bits per heavy atom. The number of nitrogens with one attached hydrogen (secondary N) is 1. The Balaban J connectivity index is 1.58. The topological polar surface area (TPSA) is 29.1 Å².